The summed E-state index contributed by atoms with van der Waals surface area (Å²) in [5.41, 5.74) is 0.916. The maximum atomic E-state index is 11.7. The number of halogens is 2. The number of rotatable bonds is 4. The van der Waals surface area contributed by atoms with Gasteiger partial charge in [0.2, 0.25) is 0 Å². The van der Waals surface area contributed by atoms with Crippen molar-refractivity contribution in [3.63, 3.8) is 0 Å². The van der Waals surface area contributed by atoms with E-state index in [4.69, 9.17) is 23.2 Å². The molecule has 0 aliphatic rings. The van der Waals surface area contributed by atoms with Gasteiger partial charge in [-0.2, -0.15) is 0 Å². The summed E-state index contributed by atoms with van der Waals surface area (Å²) in [6, 6.07) is 9.15. The summed E-state index contributed by atoms with van der Waals surface area (Å²) in [5, 5.41) is 2.79. The molecule has 0 radical (unpaired) electrons. The van der Waals surface area contributed by atoms with Crippen molar-refractivity contribution in [3.8, 4) is 0 Å². The molecule has 19 heavy (non-hydrogen) atoms. The number of benzene rings is 1. The molecule has 1 heterocycles. The molecule has 2 aromatic rings. The molecule has 1 unspecified atom stereocenters. The van der Waals surface area contributed by atoms with Crippen molar-refractivity contribution in [1.82, 2.24) is 14.9 Å². The van der Waals surface area contributed by atoms with Crippen LogP contribution < -0.4 is 5.32 Å². The molecular weight excluding hydrogens is 285 g/mol. The molecule has 6 heteroatoms. The Morgan fingerprint density at radius 1 is 1.32 bits per heavy atom. The fourth-order valence-electron chi connectivity index (χ4n) is 1.80. The molecule has 1 aromatic carbocycles. The highest BCUT2D eigenvalue weighted by Gasteiger charge is 2.22. The first kappa shape index (κ1) is 13.9. The van der Waals surface area contributed by atoms with Crippen LogP contribution >= 0.6 is 23.2 Å². The fourth-order valence-corrected chi connectivity index (χ4v) is 1.93. The van der Waals surface area contributed by atoms with Crippen LogP contribution in [0.5, 0.6) is 0 Å². The lowest BCUT2D eigenvalue weighted by atomic mass is 10.1. The SMILES string of the molecule is Cn1ccnc1C(NC(=O)C(Cl)Cl)c1ccccc1. The summed E-state index contributed by atoms with van der Waals surface area (Å²) in [4.78, 5) is 14.9. The van der Waals surface area contributed by atoms with E-state index in [1.54, 1.807) is 6.20 Å². The van der Waals surface area contributed by atoms with Gasteiger partial charge in [0, 0.05) is 19.4 Å². The van der Waals surface area contributed by atoms with E-state index < -0.39 is 10.7 Å². The van der Waals surface area contributed by atoms with E-state index in [1.807, 2.05) is 48.1 Å². The predicted octanol–water partition coefficient (Wildman–Crippen LogP) is 2.43. The minimum absolute atomic E-state index is 0.381. The Morgan fingerprint density at radius 3 is 2.53 bits per heavy atom. The fraction of sp³-hybridized carbons (Fsp3) is 0.231. The Morgan fingerprint density at radius 2 is 2.00 bits per heavy atom. The lowest BCUT2D eigenvalue weighted by Gasteiger charge is -2.19. The van der Waals surface area contributed by atoms with Crippen molar-refractivity contribution >= 4 is 29.1 Å². The average Bonchev–Trinajstić information content (AvgIpc) is 2.82. The Hall–Kier alpha value is -1.52. The number of nitrogens with one attached hydrogen (secondary N) is 1. The van der Waals surface area contributed by atoms with E-state index in [0.29, 0.717) is 5.82 Å². The van der Waals surface area contributed by atoms with Gasteiger partial charge in [-0.1, -0.05) is 53.5 Å². The zero-order valence-electron chi connectivity index (χ0n) is 10.3. The average molecular weight is 298 g/mol. The summed E-state index contributed by atoms with van der Waals surface area (Å²) in [7, 11) is 1.86. The number of hydrogen-bond donors (Lipinski definition) is 1. The molecule has 0 spiro atoms. The zero-order chi connectivity index (χ0) is 13.8. The van der Waals surface area contributed by atoms with Crippen LogP contribution in [0.2, 0.25) is 0 Å². The predicted molar refractivity (Wildman–Crippen MR) is 75.1 cm³/mol. The normalized spacial score (nSPS) is 12.4. The van der Waals surface area contributed by atoms with Gasteiger partial charge in [0.15, 0.2) is 4.84 Å². The molecule has 100 valence electrons. The highest BCUT2D eigenvalue weighted by atomic mass is 35.5. The summed E-state index contributed by atoms with van der Waals surface area (Å²) in [6.07, 6.45) is 3.49. The third kappa shape index (κ3) is 3.28. The number of hydrogen-bond acceptors (Lipinski definition) is 2. The van der Waals surface area contributed by atoms with E-state index in [-0.39, 0.29) is 6.04 Å². The van der Waals surface area contributed by atoms with Crippen LogP contribution in [0, 0.1) is 0 Å². The lowest BCUT2D eigenvalue weighted by Crippen LogP contribution is -2.34. The lowest BCUT2D eigenvalue weighted by molar-refractivity contribution is -0.120. The molecule has 4 nitrogen and oxygen atoms in total. The van der Waals surface area contributed by atoms with Crippen molar-refractivity contribution in [2.75, 3.05) is 0 Å². The number of carbonyl (C=O) groups excluding carboxylic acids is 1. The number of carbonyl (C=O) groups is 1. The second kappa shape index (κ2) is 6.08. The van der Waals surface area contributed by atoms with Gasteiger partial charge in [0.05, 0.1) is 0 Å². The third-order valence-corrected chi connectivity index (χ3v) is 3.13. The van der Waals surface area contributed by atoms with Crippen LogP contribution in [0.15, 0.2) is 42.7 Å². The smallest absolute Gasteiger partial charge is 0.254 e. The van der Waals surface area contributed by atoms with E-state index in [1.165, 1.54) is 0 Å². The number of imidazole rings is 1. The van der Waals surface area contributed by atoms with Crippen LogP contribution in [-0.4, -0.2) is 20.3 Å². The number of amides is 1. The highest BCUT2D eigenvalue weighted by Crippen LogP contribution is 2.20. The Kier molecular flexibility index (Phi) is 4.45. The molecule has 1 aromatic heterocycles. The number of aromatic nitrogens is 2. The molecule has 0 fully saturated rings. The van der Waals surface area contributed by atoms with Gasteiger partial charge >= 0.3 is 0 Å². The molecule has 1 N–H and O–H groups in total. The van der Waals surface area contributed by atoms with Crippen LogP contribution in [0.3, 0.4) is 0 Å². The molecule has 0 aliphatic carbocycles. The van der Waals surface area contributed by atoms with Crippen LogP contribution in [0.1, 0.15) is 17.4 Å². The highest BCUT2D eigenvalue weighted by molar-refractivity contribution is 6.53. The van der Waals surface area contributed by atoms with Crippen molar-refractivity contribution in [1.29, 1.82) is 0 Å². The quantitative estimate of drug-likeness (QED) is 0.881. The molecule has 1 amide bonds. The van der Waals surface area contributed by atoms with Gasteiger partial charge in [-0.3, -0.25) is 4.79 Å². The first-order valence-corrected chi connectivity index (χ1v) is 6.57. The molecular formula is C13H13Cl2N3O. The monoisotopic (exact) mass is 297 g/mol. The van der Waals surface area contributed by atoms with E-state index in [0.717, 1.165) is 5.56 Å². The minimum atomic E-state index is -1.11. The van der Waals surface area contributed by atoms with E-state index >= 15 is 0 Å². The summed E-state index contributed by atoms with van der Waals surface area (Å²) >= 11 is 11.2. The second-order valence-corrected chi connectivity index (χ2v) is 5.15. The molecule has 0 aliphatic heterocycles. The summed E-state index contributed by atoms with van der Waals surface area (Å²) in [6.45, 7) is 0. The van der Waals surface area contributed by atoms with Crippen molar-refractivity contribution in [2.24, 2.45) is 7.05 Å². The number of alkyl halides is 2. The summed E-state index contributed by atoms with van der Waals surface area (Å²) < 4.78 is 1.84. The Bertz CT molecular complexity index is 554. The Balaban J connectivity index is 2.35. The maximum Gasteiger partial charge on any atom is 0.254 e. The second-order valence-electron chi connectivity index (χ2n) is 4.05. The maximum absolute atomic E-state index is 11.7. The topological polar surface area (TPSA) is 46.9 Å². The van der Waals surface area contributed by atoms with Crippen molar-refractivity contribution in [2.45, 2.75) is 10.9 Å². The van der Waals surface area contributed by atoms with Gasteiger partial charge in [0.1, 0.15) is 11.9 Å². The third-order valence-electron chi connectivity index (χ3n) is 2.73. The molecule has 1 atom stereocenters. The van der Waals surface area contributed by atoms with Crippen molar-refractivity contribution in [3.05, 3.63) is 54.1 Å². The van der Waals surface area contributed by atoms with Crippen LogP contribution in [0.4, 0.5) is 0 Å². The standard InChI is InChI=1S/C13H13Cl2N3O/c1-18-8-7-16-12(18)10(17-13(19)11(14)15)9-5-3-2-4-6-9/h2-8,10-11H,1H3,(H,17,19). The van der Waals surface area contributed by atoms with Gasteiger partial charge in [-0.15, -0.1) is 0 Å². The molecule has 0 saturated carbocycles. The molecule has 0 bridgehead atoms. The largest absolute Gasteiger partial charge is 0.340 e. The number of aryl methyl sites for hydroxylation is 1. The first-order valence-electron chi connectivity index (χ1n) is 5.70. The molecule has 0 saturated heterocycles. The zero-order valence-corrected chi connectivity index (χ0v) is 11.8. The van der Waals surface area contributed by atoms with Gasteiger partial charge in [-0.25, -0.2) is 4.98 Å². The van der Waals surface area contributed by atoms with Gasteiger partial charge in [-0.05, 0) is 5.56 Å². The minimum Gasteiger partial charge on any atom is -0.340 e. The van der Waals surface area contributed by atoms with E-state index in [2.05, 4.69) is 10.3 Å². The summed E-state index contributed by atoms with van der Waals surface area (Å²) in [5.74, 6) is 0.272. The first-order chi connectivity index (χ1) is 9.09. The van der Waals surface area contributed by atoms with Gasteiger partial charge < -0.3 is 9.88 Å². The number of nitrogens with zero attached hydrogens (tertiary/aromatic N) is 2. The molecule has 2 rings (SSSR count). The van der Waals surface area contributed by atoms with Crippen LogP contribution in [0.25, 0.3) is 0 Å². The van der Waals surface area contributed by atoms with Crippen LogP contribution in [-0.2, 0) is 11.8 Å². The Labute approximate surface area is 121 Å². The van der Waals surface area contributed by atoms with Gasteiger partial charge in [0.25, 0.3) is 5.91 Å². The van der Waals surface area contributed by atoms with Crippen molar-refractivity contribution < 1.29 is 4.79 Å². The van der Waals surface area contributed by atoms with E-state index in [9.17, 15) is 4.79 Å².